The monoisotopic (exact) mass is 366 g/mol. The Kier molecular flexibility index (Phi) is 6.12. The normalized spacial score (nSPS) is 18.9. The molecule has 0 spiro atoms. The Hall–Kier alpha value is -1.88. The Morgan fingerprint density at radius 1 is 0.923 bits per heavy atom. The average molecular weight is 366 g/mol. The molecular formula is C22H27BO2S. The summed E-state index contributed by atoms with van der Waals surface area (Å²) in [6.07, 6.45) is 13.1. The lowest BCUT2D eigenvalue weighted by molar-refractivity contribution is 0.00578. The lowest BCUT2D eigenvalue weighted by Crippen LogP contribution is -2.41. The van der Waals surface area contributed by atoms with Gasteiger partial charge in [-0.3, -0.25) is 0 Å². The molecule has 1 aromatic rings. The molecule has 1 saturated heterocycles. The van der Waals surface area contributed by atoms with Crippen LogP contribution in [0.2, 0.25) is 0 Å². The van der Waals surface area contributed by atoms with E-state index in [1.165, 1.54) is 0 Å². The van der Waals surface area contributed by atoms with E-state index in [4.69, 9.17) is 9.31 Å². The average Bonchev–Trinajstić information content (AvgIpc) is 3.03. The van der Waals surface area contributed by atoms with Crippen LogP contribution in [0.3, 0.4) is 0 Å². The summed E-state index contributed by atoms with van der Waals surface area (Å²) in [5.74, 6) is 0. The van der Waals surface area contributed by atoms with Gasteiger partial charge in [0.2, 0.25) is 0 Å². The molecule has 0 aliphatic carbocycles. The second kappa shape index (κ2) is 7.79. The van der Waals surface area contributed by atoms with Crippen molar-refractivity contribution in [3.63, 3.8) is 0 Å². The molecule has 1 aliphatic heterocycles. The molecule has 0 amide bonds. The largest absolute Gasteiger partial charge is 0.496 e. The third-order valence-electron chi connectivity index (χ3n) is 4.87. The molecule has 4 heteroatoms. The quantitative estimate of drug-likeness (QED) is 0.409. The number of hydrogen-bond acceptors (Lipinski definition) is 3. The second-order valence-corrected chi connectivity index (χ2v) is 8.12. The molecule has 0 bridgehead atoms. The first-order chi connectivity index (χ1) is 12.2. The van der Waals surface area contributed by atoms with E-state index in [0.717, 1.165) is 26.4 Å². The van der Waals surface area contributed by atoms with Gasteiger partial charge in [-0.25, -0.2) is 0 Å². The van der Waals surface area contributed by atoms with Crippen molar-refractivity contribution >= 4 is 42.2 Å². The summed E-state index contributed by atoms with van der Waals surface area (Å²) in [5, 5.41) is 0. The molecule has 0 N–H and O–H groups in total. The van der Waals surface area contributed by atoms with Gasteiger partial charge in [0.1, 0.15) is 0 Å². The predicted octanol–water partition coefficient (Wildman–Crippen LogP) is 6.43. The third-order valence-corrected chi connectivity index (χ3v) is 6.13. The summed E-state index contributed by atoms with van der Waals surface area (Å²) < 4.78 is 12.5. The molecule has 2 nitrogen and oxygen atoms in total. The van der Waals surface area contributed by atoms with Crippen molar-refractivity contribution in [2.75, 3.05) is 0 Å². The van der Waals surface area contributed by atoms with Crippen LogP contribution in [0, 0.1) is 0 Å². The van der Waals surface area contributed by atoms with E-state index in [1.807, 2.05) is 30.4 Å². The minimum atomic E-state index is -0.468. The van der Waals surface area contributed by atoms with Gasteiger partial charge < -0.3 is 9.31 Å². The van der Waals surface area contributed by atoms with Crippen LogP contribution in [0.5, 0.6) is 0 Å². The van der Waals surface area contributed by atoms with E-state index in [9.17, 15) is 0 Å². The zero-order valence-electron chi connectivity index (χ0n) is 16.2. The summed E-state index contributed by atoms with van der Waals surface area (Å²) >= 11 is 1.65. The zero-order valence-corrected chi connectivity index (χ0v) is 17.0. The summed E-state index contributed by atoms with van der Waals surface area (Å²) in [5.41, 5.74) is 2.24. The molecule has 0 saturated carbocycles. The number of rotatable bonds is 7. The first-order valence-corrected chi connectivity index (χ1v) is 9.43. The van der Waals surface area contributed by atoms with Gasteiger partial charge in [0, 0.05) is 20.8 Å². The summed E-state index contributed by atoms with van der Waals surface area (Å²) in [6.45, 7) is 23.8. The minimum Gasteiger partial charge on any atom is -0.399 e. The van der Waals surface area contributed by atoms with Gasteiger partial charge >= 0.3 is 7.12 Å². The molecule has 1 aliphatic rings. The van der Waals surface area contributed by atoms with Crippen LogP contribution in [-0.2, 0) is 9.31 Å². The van der Waals surface area contributed by atoms with Crippen LogP contribution < -0.4 is 0 Å². The zero-order chi connectivity index (χ0) is 19.5. The van der Waals surface area contributed by atoms with Crippen molar-refractivity contribution in [1.29, 1.82) is 0 Å². The van der Waals surface area contributed by atoms with E-state index in [2.05, 4.69) is 54.0 Å². The molecule has 2 heterocycles. The van der Waals surface area contributed by atoms with Gasteiger partial charge in [0.05, 0.1) is 11.2 Å². The van der Waals surface area contributed by atoms with Crippen LogP contribution in [0.1, 0.15) is 48.6 Å². The minimum absolute atomic E-state index is 0.406. The van der Waals surface area contributed by atoms with E-state index >= 15 is 0 Å². The van der Waals surface area contributed by atoms with Gasteiger partial charge in [0.15, 0.2) is 0 Å². The van der Waals surface area contributed by atoms with Crippen LogP contribution in [-0.4, -0.2) is 18.3 Å². The Morgan fingerprint density at radius 2 is 1.54 bits per heavy atom. The van der Waals surface area contributed by atoms with Crippen LogP contribution >= 0.6 is 11.3 Å². The van der Waals surface area contributed by atoms with Gasteiger partial charge in [-0.05, 0) is 33.3 Å². The predicted molar refractivity (Wildman–Crippen MR) is 118 cm³/mol. The van der Waals surface area contributed by atoms with Crippen molar-refractivity contribution in [3.05, 3.63) is 71.5 Å². The standard InChI is InChI=1S/C22H27BO2S/c1-9-13-15-17-16(11-3)20(26-19(17)12-4)18(14-10-2)23-24-21(5,6)22(7,8)25-23/h9-15H,1-4H2,5-8H3/b15-13-,18-14+. The Labute approximate surface area is 162 Å². The lowest BCUT2D eigenvalue weighted by atomic mass is 9.75. The van der Waals surface area contributed by atoms with Gasteiger partial charge in [-0.2, -0.15) is 0 Å². The fraction of sp³-hybridized carbons (Fsp3) is 0.273. The number of allylic oxidation sites excluding steroid dienone is 4. The van der Waals surface area contributed by atoms with E-state index < -0.39 is 18.3 Å². The highest BCUT2D eigenvalue weighted by molar-refractivity contribution is 7.15. The van der Waals surface area contributed by atoms with Crippen molar-refractivity contribution in [3.8, 4) is 0 Å². The maximum absolute atomic E-state index is 6.27. The van der Waals surface area contributed by atoms with Crippen molar-refractivity contribution in [2.45, 2.75) is 38.9 Å². The highest BCUT2D eigenvalue weighted by Crippen LogP contribution is 2.44. The number of hydrogen-bond donors (Lipinski definition) is 0. The summed E-state index contributed by atoms with van der Waals surface area (Å²) in [6, 6.07) is 0. The molecule has 2 rings (SSSR count). The molecule has 0 aromatic carbocycles. The van der Waals surface area contributed by atoms with Gasteiger partial charge in [0.25, 0.3) is 0 Å². The first-order valence-electron chi connectivity index (χ1n) is 8.61. The molecule has 0 unspecified atom stereocenters. The third kappa shape index (κ3) is 3.63. The molecule has 0 radical (unpaired) electrons. The topological polar surface area (TPSA) is 18.5 Å². The van der Waals surface area contributed by atoms with Crippen LogP contribution in [0.15, 0.2) is 50.6 Å². The lowest BCUT2D eigenvalue weighted by Gasteiger charge is -2.32. The Bertz CT molecular complexity index is 777. The Balaban J connectivity index is 2.61. The van der Waals surface area contributed by atoms with E-state index in [0.29, 0.717) is 0 Å². The van der Waals surface area contributed by atoms with E-state index in [-0.39, 0.29) is 0 Å². The fourth-order valence-electron chi connectivity index (χ4n) is 2.74. The van der Waals surface area contributed by atoms with Crippen molar-refractivity contribution < 1.29 is 9.31 Å². The van der Waals surface area contributed by atoms with Crippen LogP contribution in [0.4, 0.5) is 0 Å². The maximum Gasteiger partial charge on any atom is 0.496 e. The SMILES string of the molecule is C=C/C=C\c1c(C=C)sc(/C(=C\C=C)B2OC(C)(C)C(C)(C)O2)c1C=C. The summed E-state index contributed by atoms with van der Waals surface area (Å²) in [4.78, 5) is 2.12. The second-order valence-electron chi connectivity index (χ2n) is 7.07. The number of thiophene rings is 1. The van der Waals surface area contributed by atoms with Crippen LogP contribution in [0.25, 0.3) is 23.7 Å². The molecule has 1 aromatic heterocycles. The van der Waals surface area contributed by atoms with Crippen molar-refractivity contribution in [2.24, 2.45) is 0 Å². The highest BCUT2D eigenvalue weighted by Gasteiger charge is 2.52. The summed E-state index contributed by atoms with van der Waals surface area (Å²) in [7, 11) is -0.468. The smallest absolute Gasteiger partial charge is 0.399 e. The van der Waals surface area contributed by atoms with E-state index in [1.54, 1.807) is 23.5 Å². The molecular weight excluding hydrogens is 339 g/mol. The van der Waals surface area contributed by atoms with Gasteiger partial charge in [-0.15, -0.1) is 11.3 Å². The molecule has 136 valence electrons. The van der Waals surface area contributed by atoms with Gasteiger partial charge in [-0.1, -0.05) is 68.8 Å². The highest BCUT2D eigenvalue weighted by atomic mass is 32.1. The maximum atomic E-state index is 6.27. The fourth-order valence-corrected chi connectivity index (χ4v) is 3.91. The molecule has 1 fully saturated rings. The Morgan fingerprint density at radius 3 is 2.00 bits per heavy atom. The van der Waals surface area contributed by atoms with Crippen molar-refractivity contribution in [1.82, 2.24) is 0 Å². The first kappa shape index (κ1) is 20.4. The molecule has 0 atom stereocenters. The molecule has 26 heavy (non-hydrogen) atoms.